The Balaban J connectivity index is 1.59. The van der Waals surface area contributed by atoms with E-state index < -0.39 is 0 Å². The van der Waals surface area contributed by atoms with Crippen LogP contribution < -0.4 is 5.62 Å². The molecule has 6 heteroatoms. The minimum atomic E-state index is 0.0350. The van der Waals surface area contributed by atoms with Crippen LogP contribution in [0.4, 0.5) is 5.69 Å². The SMILES string of the molecule is Cn1c(=Nc2ccc(C3CCCCC3)cc2)n(Cc2ccc(CO)cc2)c2cc(Cl)c(Cl)cc21. The van der Waals surface area contributed by atoms with Crippen molar-refractivity contribution >= 4 is 39.9 Å². The number of aryl methyl sites for hydroxylation is 1. The van der Waals surface area contributed by atoms with Gasteiger partial charge in [0.15, 0.2) is 0 Å². The number of rotatable bonds is 5. The van der Waals surface area contributed by atoms with Gasteiger partial charge in [-0.3, -0.25) is 0 Å². The zero-order chi connectivity index (χ0) is 23.7. The van der Waals surface area contributed by atoms with E-state index in [0.29, 0.717) is 22.5 Å². The number of fused-ring (bicyclic) bond motifs is 1. The Morgan fingerprint density at radius 1 is 0.853 bits per heavy atom. The zero-order valence-electron chi connectivity index (χ0n) is 19.3. The number of nitrogens with zero attached hydrogens (tertiary/aromatic N) is 3. The topological polar surface area (TPSA) is 42.5 Å². The highest BCUT2D eigenvalue weighted by Crippen LogP contribution is 2.33. The lowest BCUT2D eigenvalue weighted by Crippen LogP contribution is -2.24. The van der Waals surface area contributed by atoms with Crippen molar-refractivity contribution in [3.63, 3.8) is 0 Å². The molecule has 1 aliphatic carbocycles. The van der Waals surface area contributed by atoms with Gasteiger partial charge in [0.25, 0.3) is 0 Å². The molecule has 1 N–H and O–H groups in total. The minimum Gasteiger partial charge on any atom is -0.392 e. The van der Waals surface area contributed by atoms with E-state index in [9.17, 15) is 5.11 Å². The van der Waals surface area contributed by atoms with Crippen molar-refractivity contribution in [3.8, 4) is 0 Å². The van der Waals surface area contributed by atoms with Crippen molar-refractivity contribution in [2.24, 2.45) is 12.0 Å². The summed E-state index contributed by atoms with van der Waals surface area (Å²) in [6, 6.07) is 20.5. The van der Waals surface area contributed by atoms with Crippen LogP contribution in [0.5, 0.6) is 0 Å². The van der Waals surface area contributed by atoms with E-state index in [1.807, 2.05) is 43.4 Å². The van der Waals surface area contributed by atoms with Crippen LogP contribution in [0, 0.1) is 0 Å². The number of imidazole rings is 1. The second-order valence-corrected chi connectivity index (χ2v) is 10.0. The lowest BCUT2D eigenvalue weighted by molar-refractivity contribution is 0.282. The summed E-state index contributed by atoms with van der Waals surface area (Å²) in [5.74, 6) is 0.677. The lowest BCUT2D eigenvalue weighted by Gasteiger charge is -2.21. The van der Waals surface area contributed by atoms with Gasteiger partial charge in [0.1, 0.15) is 0 Å². The quantitative estimate of drug-likeness (QED) is 0.316. The molecule has 5 rings (SSSR count). The Morgan fingerprint density at radius 2 is 1.47 bits per heavy atom. The first-order valence-corrected chi connectivity index (χ1v) is 12.7. The lowest BCUT2D eigenvalue weighted by atomic mass is 9.84. The van der Waals surface area contributed by atoms with Crippen LogP contribution in [-0.4, -0.2) is 14.2 Å². The van der Waals surface area contributed by atoms with Crippen molar-refractivity contribution in [1.29, 1.82) is 0 Å². The molecule has 0 aliphatic heterocycles. The fourth-order valence-corrected chi connectivity index (χ4v) is 5.32. The van der Waals surface area contributed by atoms with Gasteiger partial charge in [0.05, 0.1) is 39.9 Å². The predicted octanol–water partition coefficient (Wildman–Crippen LogP) is 7.11. The van der Waals surface area contributed by atoms with Crippen molar-refractivity contribution in [1.82, 2.24) is 9.13 Å². The molecule has 4 nitrogen and oxygen atoms in total. The summed E-state index contributed by atoms with van der Waals surface area (Å²) >= 11 is 12.8. The fraction of sp³-hybridized carbons (Fsp3) is 0.321. The van der Waals surface area contributed by atoms with Gasteiger partial charge in [0.2, 0.25) is 5.62 Å². The molecule has 0 amide bonds. The highest BCUT2D eigenvalue weighted by molar-refractivity contribution is 6.42. The molecule has 1 aromatic heterocycles. The van der Waals surface area contributed by atoms with Gasteiger partial charge in [0, 0.05) is 7.05 Å². The molecule has 0 radical (unpaired) electrons. The van der Waals surface area contributed by atoms with Crippen molar-refractivity contribution in [3.05, 3.63) is 93.0 Å². The second-order valence-electron chi connectivity index (χ2n) is 9.21. The molecular formula is C28H29Cl2N3O. The maximum Gasteiger partial charge on any atom is 0.211 e. The fourth-order valence-electron chi connectivity index (χ4n) is 5.00. The van der Waals surface area contributed by atoms with Gasteiger partial charge in [-0.25, -0.2) is 4.99 Å². The third kappa shape index (κ3) is 4.68. The first-order valence-electron chi connectivity index (χ1n) is 11.9. The number of hydrogen-bond acceptors (Lipinski definition) is 2. The third-order valence-electron chi connectivity index (χ3n) is 6.96. The van der Waals surface area contributed by atoms with Crippen molar-refractivity contribution in [2.75, 3.05) is 0 Å². The summed E-state index contributed by atoms with van der Waals surface area (Å²) in [4.78, 5) is 5.05. The van der Waals surface area contributed by atoms with E-state index in [4.69, 9.17) is 28.2 Å². The van der Waals surface area contributed by atoms with Crippen LogP contribution in [0.15, 0.2) is 65.7 Å². The molecule has 0 bridgehead atoms. The van der Waals surface area contributed by atoms with E-state index in [1.54, 1.807) is 0 Å². The van der Waals surface area contributed by atoms with Crippen LogP contribution in [0.3, 0.4) is 0 Å². The normalized spacial score (nSPS) is 15.4. The van der Waals surface area contributed by atoms with Gasteiger partial charge in [-0.15, -0.1) is 0 Å². The molecule has 34 heavy (non-hydrogen) atoms. The molecule has 0 unspecified atom stereocenters. The number of aliphatic hydroxyl groups is 1. The monoisotopic (exact) mass is 493 g/mol. The molecule has 1 fully saturated rings. The molecule has 0 spiro atoms. The summed E-state index contributed by atoms with van der Waals surface area (Å²) in [7, 11) is 2.01. The van der Waals surface area contributed by atoms with Crippen LogP contribution in [0.2, 0.25) is 10.0 Å². The average molecular weight is 494 g/mol. The average Bonchev–Trinajstić information content (AvgIpc) is 3.11. The minimum absolute atomic E-state index is 0.0350. The summed E-state index contributed by atoms with van der Waals surface area (Å²) in [5, 5.41) is 10.4. The van der Waals surface area contributed by atoms with Gasteiger partial charge in [-0.1, -0.05) is 78.9 Å². The molecule has 1 aliphatic rings. The van der Waals surface area contributed by atoms with Crippen molar-refractivity contribution < 1.29 is 5.11 Å². The van der Waals surface area contributed by atoms with Gasteiger partial charge >= 0.3 is 0 Å². The maximum atomic E-state index is 9.38. The van der Waals surface area contributed by atoms with Crippen molar-refractivity contribution in [2.45, 2.75) is 51.2 Å². The highest BCUT2D eigenvalue weighted by Gasteiger charge is 2.16. The van der Waals surface area contributed by atoms with E-state index >= 15 is 0 Å². The van der Waals surface area contributed by atoms with E-state index in [2.05, 4.69) is 33.4 Å². The molecule has 1 saturated carbocycles. The second kappa shape index (κ2) is 9.99. The van der Waals surface area contributed by atoms with E-state index in [1.165, 1.54) is 37.7 Å². The molecule has 0 atom stereocenters. The Labute approximate surface area is 210 Å². The first kappa shape index (κ1) is 23.2. The standard InChI is InChI=1S/C28H29Cl2N3O/c1-32-26-15-24(29)25(30)16-27(26)33(17-19-7-9-20(18-34)10-8-19)28(32)31-23-13-11-22(12-14-23)21-5-3-2-4-6-21/h7-16,21,34H,2-6,17-18H2,1H3. The molecule has 4 aromatic rings. The van der Waals surface area contributed by atoms with Gasteiger partial charge in [-0.05, 0) is 59.7 Å². The number of benzene rings is 3. The summed E-state index contributed by atoms with van der Waals surface area (Å²) in [6.07, 6.45) is 6.60. The molecule has 3 aromatic carbocycles. The van der Waals surface area contributed by atoms with Crippen LogP contribution in [-0.2, 0) is 20.2 Å². The van der Waals surface area contributed by atoms with Crippen LogP contribution in [0.25, 0.3) is 11.0 Å². The van der Waals surface area contributed by atoms with Crippen LogP contribution in [0.1, 0.15) is 54.7 Å². The number of halogens is 2. The Morgan fingerprint density at radius 3 is 2.12 bits per heavy atom. The Bertz CT molecular complexity index is 1360. The summed E-state index contributed by atoms with van der Waals surface area (Å²) in [6.45, 7) is 0.660. The van der Waals surface area contributed by atoms with Crippen LogP contribution >= 0.6 is 23.2 Å². The molecule has 176 valence electrons. The zero-order valence-corrected chi connectivity index (χ0v) is 20.9. The first-order chi connectivity index (χ1) is 16.5. The number of aromatic nitrogens is 2. The summed E-state index contributed by atoms with van der Waals surface area (Å²) < 4.78 is 4.23. The summed E-state index contributed by atoms with van der Waals surface area (Å²) in [5.41, 5.74) is 7.12. The third-order valence-corrected chi connectivity index (χ3v) is 7.68. The van der Waals surface area contributed by atoms with Gasteiger partial charge in [-0.2, -0.15) is 0 Å². The number of hydrogen-bond donors (Lipinski definition) is 1. The predicted molar refractivity (Wildman–Crippen MR) is 140 cm³/mol. The Hall–Kier alpha value is -2.53. The van der Waals surface area contributed by atoms with E-state index in [0.717, 1.165) is 33.5 Å². The maximum absolute atomic E-state index is 9.38. The largest absolute Gasteiger partial charge is 0.392 e. The molecule has 1 heterocycles. The highest BCUT2D eigenvalue weighted by atomic mass is 35.5. The molecular weight excluding hydrogens is 465 g/mol. The van der Waals surface area contributed by atoms with E-state index in [-0.39, 0.29) is 6.61 Å². The van der Waals surface area contributed by atoms with Gasteiger partial charge < -0.3 is 14.2 Å². The Kier molecular flexibility index (Phi) is 6.82. The molecule has 0 saturated heterocycles. The smallest absolute Gasteiger partial charge is 0.211 e. The number of aliphatic hydroxyl groups excluding tert-OH is 1.